The predicted molar refractivity (Wildman–Crippen MR) is 167 cm³/mol. The summed E-state index contributed by atoms with van der Waals surface area (Å²) < 4.78 is 0. The Morgan fingerprint density at radius 1 is 0.564 bits per heavy atom. The number of nitrogens with zero attached hydrogens (tertiary/aromatic N) is 7. The van der Waals surface area contributed by atoms with Crippen molar-refractivity contribution in [3.8, 4) is 0 Å². The molecule has 3 rings (SSSR count). The number of rotatable bonds is 4. The van der Waals surface area contributed by atoms with E-state index in [9.17, 15) is 0 Å². The van der Waals surface area contributed by atoms with Crippen LogP contribution in [0.4, 0.5) is 11.9 Å². The number of aromatic nitrogens is 3. The molecule has 2 saturated heterocycles. The van der Waals surface area contributed by atoms with Gasteiger partial charge in [-0.05, 0) is 144 Å². The third-order valence-electron chi connectivity index (χ3n) is 9.90. The number of likely N-dealkylation sites (tertiary alicyclic amines) is 2. The van der Waals surface area contributed by atoms with Crippen LogP contribution in [-0.2, 0) is 0 Å². The molecular formula is C32H61N7. The highest BCUT2D eigenvalue weighted by Gasteiger charge is 2.49. The van der Waals surface area contributed by atoms with Crippen LogP contribution < -0.4 is 9.80 Å². The van der Waals surface area contributed by atoms with E-state index >= 15 is 0 Å². The van der Waals surface area contributed by atoms with Gasteiger partial charge in [-0.3, -0.25) is 9.80 Å². The van der Waals surface area contributed by atoms with E-state index in [-0.39, 0.29) is 33.2 Å². The van der Waals surface area contributed by atoms with E-state index in [1.54, 1.807) is 0 Å². The molecule has 0 unspecified atom stereocenters. The van der Waals surface area contributed by atoms with Crippen molar-refractivity contribution in [1.82, 2.24) is 24.8 Å². The van der Waals surface area contributed by atoms with Gasteiger partial charge in [-0.1, -0.05) is 0 Å². The zero-order chi connectivity index (χ0) is 30.1. The van der Waals surface area contributed by atoms with Crippen LogP contribution in [0.5, 0.6) is 0 Å². The lowest BCUT2D eigenvalue weighted by atomic mass is 9.76. The highest BCUT2D eigenvalue weighted by molar-refractivity contribution is 5.45. The second kappa shape index (κ2) is 9.82. The summed E-state index contributed by atoms with van der Waals surface area (Å²) in [5.74, 6) is 2.41. The standard InChI is InChI=1S/C32H61N7/c1-22-33-25(38(27(2,3)4)23-18-29(8,9)36(16)30(10,11)19-23)35-26(34-22)39(28(5,6)7)24-20-31(12,13)37(17)32(14,15)21-24/h23-24H,18-21H2,1-17H3. The Hall–Kier alpha value is -1.47. The Labute approximate surface area is 241 Å². The largest absolute Gasteiger partial charge is 0.333 e. The van der Waals surface area contributed by atoms with Crippen LogP contribution in [0.1, 0.15) is 128 Å². The fourth-order valence-electron chi connectivity index (χ4n) is 7.69. The summed E-state index contributed by atoms with van der Waals surface area (Å²) in [5.41, 5.74) is 0.0179. The molecule has 0 N–H and O–H groups in total. The van der Waals surface area contributed by atoms with Gasteiger partial charge in [0.25, 0.3) is 0 Å². The molecule has 3 heterocycles. The van der Waals surface area contributed by atoms with E-state index in [0.29, 0.717) is 12.1 Å². The molecule has 0 saturated carbocycles. The van der Waals surface area contributed by atoms with Crippen LogP contribution >= 0.6 is 0 Å². The third-order valence-corrected chi connectivity index (χ3v) is 9.90. The average molecular weight is 544 g/mol. The van der Waals surface area contributed by atoms with E-state index in [2.05, 4.69) is 131 Å². The smallest absolute Gasteiger partial charge is 0.231 e. The molecule has 0 atom stereocenters. The molecule has 0 radical (unpaired) electrons. The van der Waals surface area contributed by atoms with Crippen molar-refractivity contribution < 1.29 is 0 Å². The molecule has 0 aliphatic carbocycles. The zero-order valence-electron chi connectivity index (χ0n) is 28.6. The number of hydrogen-bond donors (Lipinski definition) is 0. The molecule has 2 fully saturated rings. The van der Waals surface area contributed by atoms with Gasteiger partial charge < -0.3 is 9.80 Å². The van der Waals surface area contributed by atoms with Crippen molar-refractivity contribution >= 4 is 11.9 Å². The van der Waals surface area contributed by atoms with Gasteiger partial charge in [0.2, 0.25) is 11.9 Å². The van der Waals surface area contributed by atoms with Crippen LogP contribution in [-0.4, -0.2) is 84.2 Å². The Balaban J connectivity index is 2.14. The monoisotopic (exact) mass is 543 g/mol. The molecule has 0 amide bonds. The molecule has 0 bridgehead atoms. The fourth-order valence-corrected chi connectivity index (χ4v) is 7.69. The summed E-state index contributed by atoms with van der Waals surface area (Å²) in [6.07, 6.45) is 4.24. The third kappa shape index (κ3) is 6.39. The quantitative estimate of drug-likeness (QED) is 0.419. The Kier molecular flexibility index (Phi) is 8.07. The van der Waals surface area contributed by atoms with E-state index in [4.69, 9.17) is 15.0 Å². The van der Waals surface area contributed by atoms with E-state index < -0.39 is 0 Å². The molecule has 1 aromatic heterocycles. The molecule has 1 aromatic rings. The lowest BCUT2D eigenvalue weighted by Gasteiger charge is -2.58. The first-order chi connectivity index (χ1) is 17.3. The van der Waals surface area contributed by atoms with Gasteiger partial charge in [-0.2, -0.15) is 15.0 Å². The molecule has 2 aliphatic heterocycles. The fraction of sp³-hybridized carbons (Fsp3) is 0.906. The van der Waals surface area contributed by atoms with Crippen LogP contribution in [0.3, 0.4) is 0 Å². The van der Waals surface area contributed by atoms with Gasteiger partial charge in [-0.25, -0.2) is 0 Å². The van der Waals surface area contributed by atoms with E-state index in [1.807, 2.05) is 6.92 Å². The minimum Gasteiger partial charge on any atom is -0.333 e. The van der Waals surface area contributed by atoms with Crippen molar-refractivity contribution in [3.05, 3.63) is 5.82 Å². The number of aryl methyl sites for hydroxylation is 1. The minimum atomic E-state index is -0.137. The van der Waals surface area contributed by atoms with Gasteiger partial charge in [-0.15, -0.1) is 0 Å². The summed E-state index contributed by atoms with van der Waals surface area (Å²) in [4.78, 5) is 25.5. The van der Waals surface area contributed by atoms with Gasteiger partial charge in [0.05, 0.1) is 0 Å². The lowest BCUT2D eigenvalue weighted by molar-refractivity contribution is -0.0156. The Morgan fingerprint density at radius 2 is 0.821 bits per heavy atom. The maximum atomic E-state index is 5.35. The van der Waals surface area contributed by atoms with Crippen LogP contribution in [0, 0.1) is 6.92 Å². The van der Waals surface area contributed by atoms with Crippen molar-refractivity contribution in [1.29, 1.82) is 0 Å². The molecule has 2 aliphatic rings. The highest BCUT2D eigenvalue weighted by Crippen LogP contribution is 2.44. The Bertz CT molecular complexity index is 914. The molecule has 39 heavy (non-hydrogen) atoms. The van der Waals surface area contributed by atoms with Gasteiger partial charge >= 0.3 is 0 Å². The Morgan fingerprint density at radius 3 is 1.05 bits per heavy atom. The summed E-state index contributed by atoms with van der Waals surface area (Å²) in [5, 5.41) is 0. The molecular weight excluding hydrogens is 482 g/mol. The predicted octanol–water partition coefficient (Wildman–Crippen LogP) is 6.69. The normalized spacial score (nSPS) is 24.5. The maximum Gasteiger partial charge on any atom is 0.231 e. The summed E-state index contributed by atoms with van der Waals surface area (Å²) in [6.45, 7) is 34.8. The van der Waals surface area contributed by atoms with E-state index in [0.717, 1.165) is 43.4 Å². The van der Waals surface area contributed by atoms with E-state index in [1.165, 1.54) is 0 Å². The summed E-state index contributed by atoms with van der Waals surface area (Å²) in [7, 11) is 4.54. The van der Waals surface area contributed by atoms with Crippen LogP contribution in [0.15, 0.2) is 0 Å². The first kappa shape index (κ1) is 32.0. The van der Waals surface area contributed by atoms with Crippen molar-refractivity contribution in [2.45, 2.75) is 175 Å². The maximum absolute atomic E-state index is 5.35. The summed E-state index contributed by atoms with van der Waals surface area (Å²) in [6, 6.07) is 0.648. The molecule has 7 nitrogen and oxygen atoms in total. The van der Waals surface area contributed by atoms with Crippen molar-refractivity contribution in [2.24, 2.45) is 0 Å². The number of anilines is 2. The molecule has 0 aromatic carbocycles. The SMILES string of the molecule is Cc1nc(N(C2CC(C)(C)N(C)C(C)(C)C2)C(C)(C)C)nc(N(C2CC(C)(C)N(C)C(C)(C)C2)C(C)(C)C)n1. The van der Waals surface area contributed by atoms with Crippen LogP contribution in [0.2, 0.25) is 0 Å². The topological polar surface area (TPSA) is 51.6 Å². The molecule has 7 heteroatoms. The van der Waals surface area contributed by atoms with Gasteiger partial charge in [0.1, 0.15) is 5.82 Å². The first-order valence-electron chi connectivity index (χ1n) is 15.1. The van der Waals surface area contributed by atoms with Gasteiger partial charge in [0.15, 0.2) is 0 Å². The van der Waals surface area contributed by atoms with Gasteiger partial charge in [0, 0.05) is 45.3 Å². The van der Waals surface area contributed by atoms with Crippen LogP contribution in [0.25, 0.3) is 0 Å². The number of piperidine rings is 2. The summed E-state index contributed by atoms with van der Waals surface area (Å²) >= 11 is 0. The molecule has 0 spiro atoms. The lowest BCUT2D eigenvalue weighted by Crippen LogP contribution is -2.65. The molecule has 224 valence electrons. The second-order valence-corrected chi connectivity index (χ2v) is 17.1. The van der Waals surface area contributed by atoms with Crippen molar-refractivity contribution in [3.63, 3.8) is 0 Å². The average Bonchev–Trinajstić information content (AvgIpc) is 2.67. The highest BCUT2D eigenvalue weighted by atomic mass is 15.4. The minimum absolute atomic E-state index is 0.0730. The number of hydrogen-bond acceptors (Lipinski definition) is 7. The zero-order valence-corrected chi connectivity index (χ0v) is 28.6. The second-order valence-electron chi connectivity index (χ2n) is 17.1. The first-order valence-corrected chi connectivity index (χ1v) is 15.1. The van der Waals surface area contributed by atoms with Crippen molar-refractivity contribution in [2.75, 3.05) is 23.9 Å².